The molecule has 0 aromatic rings. The number of thioether (sulfide) groups is 1. The van der Waals surface area contributed by atoms with Gasteiger partial charge < -0.3 is 26.6 Å². The van der Waals surface area contributed by atoms with Gasteiger partial charge in [-0.05, 0) is 18.4 Å². The molecular weight excluding hydrogens is 318 g/mol. The van der Waals surface area contributed by atoms with Crippen LogP contribution in [0.25, 0.3) is 0 Å². The monoisotopic (exact) mass is 339 g/mol. The molecule has 0 aliphatic rings. The van der Waals surface area contributed by atoms with E-state index in [1.807, 2.05) is 6.26 Å². The summed E-state index contributed by atoms with van der Waals surface area (Å²) < 4.78 is 0. The summed E-state index contributed by atoms with van der Waals surface area (Å²) in [5, 5.41) is 22.1. The minimum Gasteiger partial charge on any atom is -0.480 e. The summed E-state index contributed by atoms with van der Waals surface area (Å²) in [4.78, 5) is 34.3. The molecule has 6 N–H and O–H groups in total. The van der Waals surface area contributed by atoms with Gasteiger partial charge in [0.05, 0.1) is 12.6 Å². The molecule has 0 fully saturated rings. The fourth-order valence-electron chi connectivity index (χ4n) is 1.31. The SMILES string of the molecule is CSCC[C@H](N)C(=O)N[C@@H](CS)C(=O)N[C@@H](CO)C(=O)O. The molecule has 122 valence electrons. The van der Waals surface area contributed by atoms with Crippen molar-refractivity contribution in [2.24, 2.45) is 5.73 Å². The Balaban J connectivity index is 4.52. The zero-order valence-corrected chi connectivity index (χ0v) is 13.3. The highest BCUT2D eigenvalue weighted by molar-refractivity contribution is 7.98. The van der Waals surface area contributed by atoms with Gasteiger partial charge in [0.15, 0.2) is 0 Å². The van der Waals surface area contributed by atoms with E-state index >= 15 is 0 Å². The first kappa shape index (κ1) is 20.0. The fraction of sp³-hybridized carbons (Fsp3) is 0.727. The van der Waals surface area contributed by atoms with Crippen LogP contribution in [0.3, 0.4) is 0 Å². The Kier molecular flexibility index (Phi) is 10.2. The number of aliphatic hydroxyl groups is 1. The third-order valence-corrected chi connectivity index (χ3v) is 3.59. The highest BCUT2D eigenvalue weighted by Crippen LogP contribution is 2.00. The zero-order chi connectivity index (χ0) is 16.4. The average Bonchev–Trinajstić information content (AvgIpc) is 2.46. The van der Waals surface area contributed by atoms with Crippen molar-refractivity contribution >= 4 is 42.2 Å². The summed E-state index contributed by atoms with van der Waals surface area (Å²) in [7, 11) is 0. The van der Waals surface area contributed by atoms with Crippen LogP contribution < -0.4 is 16.4 Å². The Labute approximate surface area is 132 Å². The minimum absolute atomic E-state index is 0.0232. The fourth-order valence-corrected chi connectivity index (χ4v) is 2.05. The number of carboxylic acid groups (broad SMARTS) is 1. The van der Waals surface area contributed by atoms with Gasteiger partial charge in [-0.1, -0.05) is 0 Å². The molecule has 0 aliphatic heterocycles. The quantitative estimate of drug-likeness (QED) is 0.254. The van der Waals surface area contributed by atoms with Gasteiger partial charge in [-0.15, -0.1) is 0 Å². The standard InChI is InChI=1S/C11H21N3O5S2/c1-21-3-2-6(12)9(16)14-8(5-20)10(17)13-7(4-15)11(18)19/h6-8,15,20H,2-5,12H2,1H3,(H,13,17)(H,14,16)(H,18,19)/t6-,7-,8-/m0/s1. The van der Waals surface area contributed by atoms with Crippen molar-refractivity contribution in [2.45, 2.75) is 24.5 Å². The summed E-state index contributed by atoms with van der Waals surface area (Å²) >= 11 is 5.49. The van der Waals surface area contributed by atoms with Gasteiger partial charge in [-0.3, -0.25) is 9.59 Å². The molecular formula is C11H21N3O5S2. The maximum atomic E-state index is 11.8. The highest BCUT2D eigenvalue weighted by atomic mass is 32.2. The van der Waals surface area contributed by atoms with Gasteiger partial charge in [-0.2, -0.15) is 24.4 Å². The minimum atomic E-state index is -1.43. The smallest absolute Gasteiger partial charge is 0.328 e. The first-order valence-electron chi connectivity index (χ1n) is 6.17. The first-order valence-corrected chi connectivity index (χ1v) is 8.19. The normalized spacial score (nSPS) is 14.9. The molecule has 0 unspecified atom stereocenters. The Morgan fingerprint density at radius 2 is 1.81 bits per heavy atom. The van der Waals surface area contributed by atoms with E-state index in [0.717, 1.165) is 0 Å². The molecule has 0 aromatic heterocycles. The van der Waals surface area contributed by atoms with E-state index in [0.29, 0.717) is 12.2 Å². The van der Waals surface area contributed by atoms with Crippen LogP contribution in [-0.4, -0.2) is 70.5 Å². The molecule has 10 heteroatoms. The number of amides is 2. The number of nitrogens with one attached hydrogen (secondary N) is 2. The lowest BCUT2D eigenvalue weighted by molar-refractivity contribution is -0.143. The van der Waals surface area contributed by atoms with E-state index in [4.69, 9.17) is 15.9 Å². The number of aliphatic carboxylic acids is 1. The molecule has 0 aliphatic carbocycles. The topological polar surface area (TPSA) is 142 Å². The number of hydrogen-bond acceptors (Lipinski definition) is 7. The first-order chi connectivity index (χ1) is 9.87. The summed E-state index contributed by atoms with van der Waals surface area (Å²) in [6.45, 7) is -0.748. The molecule has 0 rings (SSSR count). The second-order valence-electron chi connectivity index (χ2n) is 4.21. The number of hydrogen-bond donors (Lipinski definition) is 6. The Hall–Kier alpha value is -0.970. The summed E-state index contributed by atoms with van der Waals surface area (Å²) in [6.07, 6.45) is 2.35. The van der Waals surface area contributed by atoms with Crippen molar-refractivity contribution in [3.8, 4) is 0 Å². The summed E-state index contributed by atoms with van der Waals surface area (Å²) in [5.74, 6) is -1.93. The summed E-state index contributed by atoms with van der Waals surface area (Å²) in [5.41, 5.74) is 5.67. The predicted octanol–water partition coefficient (Wildman–Crippen LogP) is -1.96. The van der Waals surface area contributed by atoms with Crippen molar-refractivity contribution in [1.29, 1.82) is 0 Å². The van der Waals surface area contributed by atoms with E-state index in [9.17, 15) is 14.4 Å². The Morgan fingerprint density at radius 3 is 2.24 bits per heavy atom. The number of carboxylic acids is 1. The number of aliphatic hydroxyl groups excluding tert-OH is 1. The van der Waals surface area contributed by atoms with Gasteiger partial charge in [-0.25, -0.2) is 4.79 Å². The molecule has 0 heterocycles. The number of carbonyl (C=O) groups excluding carboxylic acids is 2. The third-order valence-electron chi connectivity index (χ3n) is 2.58. The van der Waals surface area contributed by atoms with Gasteiger partial charge in [0.1, 0.15) is 12.1 Å². The molecule has 0 radical (unpaired) electrons. The van der Waals surface area contributed by atoms with E-state index in [-0.39, 0.29) is 5.75 Å². The highest BCUT2D eigenvalue weighted by Gasteiger charge is 2.26. The average molecular weight is 339 g/mol. The van der Waals surface area contributed by atoms with Gasteiger partial charge in [0.25, 0.3) is 0 Å². The number of thiol groups is 1. The number of nitrogens with two attached hydrogens (primary N) is 1. The van der Waals surface area contributed by atoms with Crippen molar-refractivity contribution in [3.63, 3.8) is 0 Å². The lowest BCUT2D eigenvalue weighted by atomic mass is 10.2. The van der Waals surface area contributed by atoms with Crippen LogP contribution in [0.2, 0.25) is 0 Å². The Bertz CT molecular complexity index is 370. The van der Waals surface area contributed by atoms with Crippen LogP contribution in [0, 0.1) is 0 Å². The van der Waals surface area contributed by atoms with Crippen LogP contribution in [0.5, 0.6) is 0 Å². The molecule has 0 spiro atoms. The van der Waals surface area contributed by atoms with E-state index in [2.05, 4.69) is 23.3 Å². The predicted molar refractivity (Wildman–Crippen MR) is 83.4 cm³/mol. The molecule has 2 amide bonds. The molecule has 0 aromatic carbocycles. The second kappa shape index (κ2) is 10.7. The molecule has 0 saturated heterocycles. The van der Waals surface area contributed by atoms with E-state index < -0.39 is 42.5 Å². The molecule has 3 atom stereocenters. The number of carbonyl (C=O) groups is 3. The number of rotatable bonds is 10. The van der Waals surface area contributed by atoms with Gasteiger partial charge in [0, 0.05) is 5.75 Å². The molecule has 8 nitrogen and oxygen atoms in total. The lowest BCUT2D eigenvalue weighted by Gasteiger charge is -2.20. The van der Waals surface area contributed by atoms with Crippen molar-refractivity contribution in [3.05, 3.63) is 0 Å². The van der Waals surface area contributed by atoms with Crippen LogP contribution >= 0.6 is 24.4 Å². The van der Waals surface area contributed by atoms with E-state index in [1.54, 1.807) is 11.8 Å². The molecule has 21 heavy (non-hydrogen) atoms. The third kappa shape index (κ3) is 7.55. The largest absolute Gasteiger partial charge is 0.480 e. The zero-order valence-electron chi connectivity index (χ0n) is 11.6. The maximum absolute atomic E-state index is 11.8. The lowest BCUT2D eigenvalue weighted by Crippen LogP contribution is -2.56. The van der Waals surface area contributed by atoms with Crippen LogP contribution in [0.1, 0.15) is 6.42 Å². The Morgan fingerprint density at radius 1 is 1.24 bits per heavy atom. The van der Waals surface area contributed by atoms with Crippen molar-refractivity contribution in [2.75, 3.05) is 24.4 Å². The molecule has 0 bridgehead atoms. The van der Waals surface area contributed by atoms with Crippen molar-refractivity contribution in [1.82, 2.24) is 10.6 Å². The van der Waals surface area contributed by atoms with Crippen LogP contribution in [0.15, 0.2) is 0 Å². The van der Waals surface area contributed by atoms with Crippen LogP contribution in [-0.2, 0) is 14.4 Å². The van der Waals surface area contributed by atoms with Gasteiger partial charge >= 0.3 is 5.97 Å². The maximum Gasteiger partial charge on any atom is 0.328 e. The van der Waals surface area contributed by atoms with Gasteiger partial charge in [0.2, 0.25) is 11.8 Å². The van der Waals surface area contributed by atoms with Crippen molar-refractivity contribution < 1.29 is 24.6 Å². The van der Waals surface area contributed by atoms with E-state index in [1.165, 1.54) is 0 Å². The molecule has 0 saturated carbocycles. The van der Waals surface area contributed by atoms with Crippen LogP contribution in [0.4, 0.5) is 0 Å². The second-order valence-corrected chi connectivity index (χ2v) is 5.56. The summed E-state index contributed by atoms with van der Waals surface area (Å²) in [6, 6.07) is -3.20.